The molecule has 2 amide bonds. The van der Waals surface area contributed by atoms with E-state index in [-0.39, 0.29) is 25.0 Å². The van der Waals surface area contributed by atoms with Crippen molar-refractivity contribution in [3.8, 4) is 27.7 Å². The van der Waals surface area contributed by atoms with Crippen molar-refractivity contribution in [1.82, 2.24) is 14.9 Å². The van der Waals surface area contributed by atoms with E-state index in [1.165, 1.54) is 16.2 Å². The van der Waals surface area contributed by atoms with Gasteiger partial charge in [-0.15, -0.1) is 11.3 Å². The fraction of sp³-hybridized carbons (Fsp3) is 0.304. The number of hydrogen-bond donors (Lipinski definition) is 0. The number of benzene rings is 1. The van der Waals surface area contributed by atoms with Crippen molar-refractivity contribution < 1.29 is 14.3 Å². The van der Waals surface area contributed by atoms with Crippen LogP contribution in [0.4, 0.5) is 5.69 Å². The second-order valence-corrected chi connectivity index (χ2v) is 8.23. The summed E-state index contributed by atoms with van der Waals surface area (Å²) in [5, 5.41) is 2.79. The summed E-state index contributed by atoms with van der Waals surface area (Å²) in [4.78, 5) is 37.5. The van der Waals surface area contributed by atoms with E-state index in [1.54, 1.807) is 18.1 Å². The van der Waals surface area contributed by atoms with Crippen LogP contribution in [-0.2, 0) is 9.59 Å². The number of carbonyl (C=O) groups is 2. The molecule has 7 nitrogen and oxygen atoms in total. The minimum atomic E-state index is -0.227. The maximum atomic E-state index is 12.7. The smallest absolute Gasteiger partial charge is 0.265 e. The molecule has 0 saturated heterocycles. The van der Waals surface area contributed by atoms with E-state index in [9.17, 15) is 9.59 Å². The molecule has 160 valence electrons. The van der Waals surface area contributed by atoms with E-state index in [4.69, 9.17) is 9.72 Å². The predicted molar refractivity (Wildman–Crippen MR) is 121 cm³/mol. The van der Waals surface area contributed by atoms with Gasteiger partial charge in [0.25, 0.3) is 5.91 Å². The number of carbonyl (C=O) groups excluding carboxylic acids is 2. The number of amides is 2. The zero-order chi connectivity index (χ0) is 21.8. The Bertz CT molecular complexity index is 1080. The molecule has 1 aromatic carbocycles. The molecule has 31 heavy (non-hydrogen) atoms. The third-order valence-electron chi connectivity index (χ3n) is 5.15. The number of anilines is 1. The van der Waals surface area contributed by atoms with Crippen molar-refractivity contribution in [3.05, 3.63) is 48.0 Å². The monoisotopic (exact) mass is 436 g/mol. The number of thiazole rings is 1. The van der Waals surface area contributed by atoms with Crippen LogP contribution in [0.15, 0.2) is 48.0 Å². The summed E-state index contributed by atoms with van der Waals surface area (Å²) in [6, 6.07) is 11.3. The Balaban J connectivity index is 1.60. The summed E-state index contributed by atoms with van der Waals surface area (Å²) in [5.41, 5.74) is 3.06. The summed E-state index contributed by atoms with van der Waals surface area (Å²) in [6.07, 6.45) is 3.68. The summed E-state index contributed by atoms with van der Waals surface area (Å²) in [6.45, 7) is 2.68. The fourth-order valence-corrected chi connectivity index (χ4v) is 4.13. The van der Waals surface area contributed by atoms with Gasteiger partial charge in [-0.25, -0.2) is 4.98 Å². The Morgan fingerprint density at radius 3 is 2.90 bits per heavy atom. The molecule has 0 unspecified atom stereocenters. The van der Waals surface area contributed by atoms with Crippen molar-refractivity contribution in [1.29, 1.82) is 0 Å². The number of fused-ring (bicyclic) bond motifs is 1. The third kappa shape index (κ3) is 4.59. The molecule has 4 rings (SSSR count). The molecule has 0 bridgehead atoms. The Morgan fingerprint density at radius 2 is 2.13 bits per heavy atom. The zero-order valence-electron chi connectivity index (χ0n) is 17.6. The first-order chi connectivity index (χ1) is 15.1. The second kappa shape index (κ2) is 9.26. The van der Waals surface area contributed by atoms with Gasteiger partial charge in [0.15, 0.2) is 6.61 Å². The SMILES string of the molecule is CCCCN(C)C(=O)CN1C(=O)COc2ccc(-c3csc(-c4ccccn4)n3)cc21. The van der Waals surface area contributed by atoms with Crippen molar-refractivity contribution in [3.63, 3.8) is 0 Å². The van der Waals surface area contributed by atoms with Gasteiger partial charge in [0.05, 0.1) is 17.1 Å². The standard InChI is InChI=1S/C23H24N4O3S/c1-3-4-11-26(2)21(28)13-27-19-12-16(8-9-20(19)30-14-22(27)29)18-15-31-23(25-18)17-7-5-6-10-24-17/h5-10,12,15H,3-4,11,13-14H2,1-2H3. The number of likely N-dealkylation sites (N-methyl/N-ethyl adjacent to an activating group) is 1. The minimum absolute atomic E-state index is 0.00485. The van der Waals surface area contributed by atoms with Gasteiger partial charge < -0.3 is 9.64 Å². The average Bonchev–Trinajstić information content (AvgIpc) is 3.30. The quantitative estimate of drug-likeness (QED) is 0.562. The van der Waals surface area contributed by atoms with Gasteiger partial charge in [-0.2, -0.15) is 0 Å². The van der Waals surface area contributed by atoms with E-state index < -0.39 is 0 Å². The third-order valence-corrected chi connectivity index (χ3v) is 6.02. The summed E-state index contributed by atoms with van der Waals surface area (Å²) >= 11 is 1.51. The van der Waals surface area contributed by atoms with E-state index in [0.29, 0.717) is 18.0 Å². The molecule has 8 heteroatoms. The van der Waals surface area contributed by atoms with Crippen molar-refractivity contribution in [2.24, 2.45) is 0 Å². The molecular formula is C23H24N4O3S. The molecule has 0 aliphatic carbocycles. The molecule has 2 aromatic heterocycles. The first-order valence-corrected chi connectivity index (χ1v) is 11.1. The average molecular weight is 437 g/mol. The molecule has 0 radical (unpaired) electrons. The highest BCUT2D eigenvalue weighted by Gasteiger charge is 2.29. The predicted octanol–water partition coefficient (Wildman–Crippen LogP) is 3.86. The molecule has 0 spiro atoms. The second-order valence-electron chi connectivity index (χ2n) is 7.37. The van der Waals surface area contributed by atoms with Crippen LogP contribution in [0.25, 0.3) is 22.0 Å². The van der Waals surface area contributed by atoms with Crippen LogP contribution < -0.4 is 9.64 Å². The Labute approximate surface area is 185 Å². The van der Waals surface area contributed by atoms with Gasteiger partial charge in [-0.05, 0) is 36.8 Å². The van der Waals surface area contributed by atoms with Crippen LogP contribution >= 0.6 is 11.3 Å². The highest BCUT2D eigenvalue weighted by atomic mass is 32.1. The lowest BCUT2D eigenvalue weighted by Gasteiger charge is -2.30. The largest absolute Gasteiger partial charge is 0.482 e. The Hall–Kier alpha value is -3.26. The lowest BCUT2D eigenvalue weighted by Crippen LogP contribution is -2.45. The zero-order valence-corrected chi connectivity index (χ0v) is 18.4. The summed E-state index contributed by atoms with van der Waals surface area (Å²) < 4.78 is 5.59. The maximum absolute atomic E-state index is 12.7. The van der Waals surface area contributed by atoms with E-state index in [2.05, 4.69) is 11.9 Å². The number of nitrogens with zero attached hydrogens (tertiary/aromatic N) is 4. The molecule has 3 aromatic rings. The molecule has 0 saturated carbocycles. The van der Waals surface area contributed by atoms with Crippen LogP contribution in [0, 0.1) is 0 Å². The summed E-state index contributed by atoms with van der Waals surface area (Å²) in [7, 11) is 1.77. The topological polar surface area (TPSA) is 75.6 Å². The first kappa shape index (κ1) is 21.0. The summed E-state index contributed by atoms with van der Waals surface area (Å²) in [5.74, 6) is 0.271. The van der Waals surface area contributed by atoms with Gasteiger partial charge in [-0.1, -0.05) is 19.4 Å². The van der Waals surface area contributed by atoms with Gasteiger partial charge in [-0.3, -0.25) is 19.5 Å². The Kier molecular flexibility index (Phi) is 6.27. The normalized spacial score (nSPS) is 13.0. The van der Waals surface area contributed by atoms with Crippen molar-refractivity contribution in [2.75, 3.05) is 31.6 Å². The number of hydrogen-bond acceptors (Lipinski definition) is 6. The van der Waals surface area contributed by atoms with Gasteiger partial charge in [0.1, 0.15) is 17.3 Å². The van der Waals surface area contributed by atoms with E-state index >= 15 is 0 Å². The highest BCUT2D eigenvalue weighted by molar-refractivity contribution is 7.13. The molecule has 1 aliphatic heterocycles. The lowest BCUT2D eigenvalue weighted by atomic mass is 10.1. The first-order valence-electron chi connectivity index (χ1n) is 10.2. The van der Waals surface area contributed by atoms with Gasteiger partial charge >= 0.3 is 0 Å². The molecule has 1 aliphatic rings. The van der Waals surface area contributed by atoms with Crippen molar-refractivity contribution in [2.45, 2.75) is 19.8 Å². The fourth-order valence-electron chi connectivity index (χ4n) is 3.32. The highest BCUT2D eigenvalue weighted by Crippen LogP contribution is 2.37. The van der Waals surface area contributed by atoms with Crippen LogP contribution in [0.5, 0.6) is 5.75 Å². The number of unbranched alkanes of at least 4 members (excludes halogenated alkanes) is 1. The number of rotatable bonds is 7. The van der Waals surface area contributed by atoms with E-state index in [0.717, 1.165) is 34.8 Å². The molecule has 0 atom stereocenters. The molecule has 0 fully saturated rings. The van der Waals surface area contributed by atoms with Crippen LogP contribution in [0.1, 0.15) is 19.8 Å². The number of ether oxygens (including phenoxy) is 1. The van der Waals surface area contributed by atoms with Crippen LogP contribution in [-0.4, -0.2) is 53.4 Å². The maximum Gasteiger partial charge on any atom is 0.265 e. The van der Waals surface area contributed by atoms with Crippen molar-refractivity contribution >= 4 is 28.8 Å². The minimum Gasteiger partial charge on any atom is -0.482 e. The number of aromatic nitrogens is 2. The van der Waals surface area contributed by atoms with Crippen LogP contribution in [0.3, 0.4) is 0 Å². The lowest BCUT2D eigenvalue weighted by molar-refractivity contribution is -0.131. The molecule has 3 heterocycles. The van der Waals surface area contributed by atoms with Crippen LogP contribution in [0.2, 0.25) is 0 Å². The Morgan fingerprint density at radius 1 is 1.26 bits per heavy atom. The molecule has 0 N–H and O–H groups in total. The number of pyridine rings is 1. The van der Waals surface area contributed by atoms with Gasteiger partial charge in [0, 0.05) is 30.7 Å². The van der Waals surface area contributed by atoms with Gasteiger partial charge in [0.2, 0.25) is 5.91 Å². The van der Waals surface area contributed by atoms with E-state index in [1.807, 2.05) is 41.8 Å². The molecular weight excluding hydrogens is 412 g/mol.